The fraction of sp³-hybridized carbons (Fsp3) is 0.818. The van der Waals surface area contributed by atoms with Crippen LogP contribution < -0.4 is 5.73 Å². The number of methoxy groups -OCH3 is 1. The molecule has 0 bridgehead atoms. The van der Waals surface area contributed by atoms with Crippen molar-refractivity contribution in [2.24, 2.45) is 5.73 Å². The maximum absolute atomic E-state index is 6.25. The van der Waals surface area contributed by atoms with Gasteiger partial charge < -0.3 is 15.0 Å². The van der Waals surface area contributed by atoms with E-state index in [-0.39, 0.29) is 0 Å². The summed E-state index contributed by atoms with van der Waals surface area (Å²) < 4.78 is 10.5. The summed E-state index contributed by atoms with van der Waals surface area (Å²) in [6.45, 7) is 3.78. The highest BCUT2D eigenvalue weighted by Gasteiger charge is 2.38. The molecule has 0 unspecified atom stereocenters. The Morgan fingerprint density at radius 2 is 2.00 bits per heavy atom. The predicted molar refractivity (Wildman–Crippen MR) is 58.7 cm³/mol. The number of hydrogen-bond donors (Lipinski definition) is 1. The van der Waals surface area contributed by atoms with E-state index in [2.05, 4.69) is 10.1 Å². The predicted octanol–water partition coefficient (Wildman–Crippen LogP) is 1.68. The second-order valence-electron chi connectivity index (χ2n) is 5.00. The molecule has 2 rings (SSSR count). The van der Waals surface area contributed by atoms with E-state index in [9.17, 15) is 0 Å². The Morgan fingerprint density at radius 3 is 2.56 bits per heavy atom. The molecule has 0 radical (unpaired) electrons. The van der Waals surface area contributed by atoms with E-state index < -0.39 is 11.1 Å². The summed E-state index contributed by atoms with van der Waals surface area (Å²) >= 11 is 0. The number of aromatic nitrogens is 2. The van der Waals surface area contributed by atoms with Crippen LogP contribution in [0, 0.1) is 0 Å². The van der Waals surface area contributed by atoms with E-state index in [1.165, 1.54) is 0 Å². The van der Waals surface area contributed by atoms with Gasteiger partial charge in [0.1, 0.15) is 5.60 Å². The van der Waals surface area contributed by atoms with Crippen molar-refractivity contribution in [3.8, 4) is 0 Å². The molecule has 0 aromatic carbocycles. The van der Waals surface area contributed by atoms with Gasteiger partial charge in [-0.3, -0.25) is 0 Å². The van der Waals surface area contributed by atoms with Crippen LogP contribution in [0.2, 0.25) is 0 Å². The molecule has 1 aromatic heterocycles. The summed E-state index contributed by atoms with van der Waals surface area (Å²) in [5.74, 6) is 1.10. The minimum absolute atomic E-state index is 0.397. The SMILES string of the molecule is COC(C)(C)c1nc(C2(N)CCCC2)no1. The van der Waals surface area contributed by atoms with Crippen LogP contribution in [-0.2, 0) is 15.9 Å². The van der Waals surface area contributed by atoms with Gasteiger partial charge >= 0.3 is 0 Å². The Hall–Kier alpha value is -0.940. The molecule has 5 nitrogen and oxygen atoms in total. The standard InChI is InChI=1S/C11H19N3O2/c1-10(2,15-3)9-13-8(14-16-9)11(12)6-4-5-7-11/h4-7,12H2,1-3H3. The zero-order chi connectivity index (χ0) is 11.8. The van der Waals surface area contributed by atoms with Crippen LogP contribution in [0.25, 0.3) is 0 Å². The number of rotatable bonds is 3. The van der Waals surface area contributed by atoms with Crippen LogP contribution >= 0.6 is 0 Å². The molecule has 1 aliphatic carbocycles. The molecule has 5 heteroatoms. The van der Waals surface area contributed by atoms with Crippen LogP contribution in [0.3, 0.4) is 0 Å². The average Bonchev–Trinajstić information content (AvgIpc) is 2.86. The van der Waals surface area contributed by atoms with Gasteiger partial charge in [-0.15, -0.1) is 0 Å². The third-order valence-electron chi connectivity index (χ3n) is 3.39. The molecule has 0 amide bonds. The van der Waals surface area contributed by atoms with Gasteiger partial charge in [-0.1, -0.05) is 18.0 Å². The molecule has 1 aromatic rings. The number of hydrogen-bond acceptors (Lipinski definition) is 5. The molecule has 1 aliphatic rings. The first-order valence-corrected chi connectivity index (χ1v) is 5.67. The van der Waals surface area contributed by atoms with Crippen molar-refractivity contribution in [3.63, 3.8) is 0 Å². The zero-order valence-corrected chi connectivity index (χ0v) is 10.1. The minimum Gasteiger partial charge on any atom is -0.369 e. The van der Waals surface area contributed by atoms with Crippen molar-refractivity contribution in [3.05, 3.63) is 11.7 Å². The molecule has 0 spiro atoms. The fourth-order valence-electron chi connectivity index (χ4n) is 1.99. The Labute approximate surface area is 95.3 Å². The highest BCUT2D eigenvalue weighted by Crippen LogP contribution is 2.35. The van der Waals surface area contributed by atoms with Crippen molar-refractivity contribution in [1.29, 1.82) is 0 Å². The van der Waals surface area contributed by atoms with Crippen molar-refractivity contribution in [2.45, 2.75) is 50.7 Å². The largest absolute Gasteiger partial charge is 0.369 e. The second-order valence-corrected chi connectivity index (χ2v) is 5.00. The third-order valence-corrected chi connectivity index (χ3v) is 3.39. The number of nitrogens with zero attached hydrogens (tertiary/aromatic N) is 2. The Bertz CT molecular complexity index is 367. The molecule has 2 N–H and O–H groups in total. The van der Waals surface area contributed by atoms with E-state index in [1.807, 2.05) is 13.8 Å². The van der Waals surface area contributed by atoms with Crippen LogP contribution in [0.5, 0.6) is 0 Å². The number of nitrogens with two attached hydrogens (primary N) is 1. The Morgan fingerprint density at radius 1 is 1.38 bits per heavy atom. The maximum Gasteiger partial charge on any atom is 0.258 e. The summed E-state index contributed by atoms with van der Waals surface area (Å²) in [4.78, 5) is 4.38. The summed E-state index contributed by atoms with van der Waals surface area (Å²) in [5.41, 5.74) is 5.30. The summed E-state index contributed by atoms with van der Waals surface area (Å²) in [7, 11) is 1.62. The summed E-state index contributed by atoms with van der Waals surface area (Å²) in [6, 6.07) is 0. The molecular weight excluding hydrogens is 206 g/mol. The Kier molecular flexibility index (Phi) is 2.75. The minimum atomic E-state index is -0.555. The van der Waals surface area contributed by atoms with Crippen LogP contribution in [0.15, 0.2) is 4.52 Å². The van der Waals surface area contributed by atoms with Gasteiger partial charge in [-0.05, 0) is 26.7 Å². The molecule has 0 saturated heterocycles. The fourth-order valence-corrected chi connectivity index (χ4v) is 1.99. The lowest BCUT2D eigenvalue weighted by molar-refractivity contribution is -0.00787. The first-order valence-electron chi connectivity index (χ1n) is 5.67. The quantitative estimate of drug-likeness (QED) is 0.847. The second kappa shape index (κ2) is 3.82. The van der Waals surface area contributed by atoms with Gasteiger partial charge in [0.15, 0.2) is 5.82 Å². The van der Waals surface area contributed by atoms with Crippen molar-refractivity contribution < 1.29 is 9.26 Å². The highest BCUT2D eigenvalue weighted by atomic mass is 16.5. The van der Waals surface area contributed by atoms with Crippen molar-refractivity contribution in [1.82, 2.24) is 10.1 Å². The van der Waals surface area contributed by atoms with Crippen LogP contribution in [0.4, 0.5) is 0 Å². The highest BCUT2D eigenvalue weighted by molar-refractivity contribution is 5.08. The van der Waals surface area contributed by atoms with E-state index in [0.717, 1.165) is 25.7 Å². The normalized spacial score (nSPS) is 20.2. The molecule has 16 heavy (non-hydrogen) atoms. The van der Waals surface area contributed by atoms with Gasteiger partial charge in [-0.25, -0.2) is 0 Å². The van der Waals surface area contributed by atoms with Gasteiger partial charge in [0.2, 0.25) is 0 Å². The van der Waals surface area contributed by atoms with Crippen LogP contribution in [-0.4, -0.2) is 17.3 Å². The van der Waals surface area contributed by atoms with E-state index in [1.54, 1.807) is 7.11 Å². The lowest BCUT2D eigenvalue weighted by Crippen LogP contribution is -2.34. The van der Waals surface area contributed by atoms with Gasteiger partial charge in [0.25, 0.3) is 5.89 Å². The molecule has 1 saturated carbocycles. The molecule has 0 atom stereocenters. The third kappa shape index (κ3) is 1.85. The first kappa shape index (κ1) is 11.5. The van der Waals surface area contributed by atoms with Gasteiger partial charge in [-0.2, -0.15) is 4.98 Å². The van der Waals surface area contributed by atoms with Gasteiger partial charge in [0.05, 0.1) is 5.54 Å². The number of ether oxygens (including phenoxy) is 1. The molecule has 1 fully saturated rings. The van der Waals surface area contributed by atoms with Gasteiger partial charge in [0, 0.05) is 7.11 Å². The monoisotopic (exact) mass is 225 g/mol. The lowest BCUT2D eigenvalue weighted by Gasteiger charge is -2.19. The van der Waals surface area contributed by atoms with Crippen molar-refractivity contribution >= 4 is 0 Å². The van der Waals surface area contributed by atoms with Crippen LogP contribution in [0.1, 0.15) is 51.2 Å². The Balaban J connectivity index is 2.26. The summed E-state index contributed by atoms with van der Waals surface area (Å²) in [5, 5.41) is 3.99. The molecule has 0 aliphatic heterocycles. The molecular formula is C11H19N3O2. The average molecular weight is 225 g/mol. The maximum atomic E-state index is 6.25. The van der Waals surface area contributed by atoms with E-state index in [0.29, 0.717) is 11.7 Å². The van der Waals surface area contributed by atoms with E-state index in [4.69, 9.17) is 15.0 Å². The molecule has 90 valence electrons. The summed E-state index contributed by atoms with van der Waals surface area (Å²) in [6.07, 6.45) is 4.13. The molecule has 1 heterocycles. The zero-order valence-electron chi connectivity index (χ0n) is 10.1. The van der Waals surface area contributed by atoms with E-state index >= 15 is 0 Å². The topological polar surface area (TPSA) is 74.2 Å². The van der Waals surface area contributed by atoms with Crippen molar-refractivity contribution in [2.75, 3.05) is 7.11 Å². The smallest absolute Gasteiger partial charge is 0.258 e. The first-order chi connectivity index (χ1) is 7.48. The lowest BCUT2D eigenvalue weighted by atomic mass is 9.98.